The average Bonchev–Trinajstić information content (AvgIpc) is 2.90. The lowest BCUT2D eigenvalue weighted by Crippen LogP contribution is -2.47. The molecule has 0 aromatic heterocycles. The molecule has 2 aliphatic heterocycles. The predicted octanol–water partition coefficient (Wildman–Crippen LogP) is 2.75. The molecule has 2 heterocycles. The number of carbonyl (C=O) groups excluding carboxylic acids is 2. The van der Waals surface area contributed by atoms with Crippen molar-refractivity contribution < 1.29 is 14.3 Å². The van der Waals surface area contributed by atoms with Crippen LogP contribution in [0.25, 0.3) is 5.57 Å². The van der Waals surface area contributed by atoms with Gasteiger partial charge in [-0.25, -0.2) is 0 Å². The summed E-state index contributed by atoms with van der Waals surface area (Å²) in [5.74, 6) is 0.520. The first kappa shape index (κ1) is 20.0. The van der Waals surface area contributed by atoms with Crippen LogP contribution in [0.4, 0.5) is 0 Å². The van der Waals surface area contributed by atoms with Crippen molar-refractivity contribution in [2.45, 2.75) is 44.6 Å². The van der Waals surface area contributed by atoms with Gasteiger partial charge in [0.05, 0.1) is 12.7 Å². The topological polar surface area (TPSA) is 53.1 Å². The van der Waals surface area contributed by atoms with Crippen LogP contribution < -0.4 is 4.74 Å². The van der Waals surface area contributed by atoms with Crippen molar-refractivity contribution in [3.05, 3.63) is 35.5 Å². The molecule has 1 aliphatic carbocycles. The van der Waals surface area contributed by atoms with Crippen LogP contribution in [-0.2, 0) is 9.59 Å². The van der Waals surface area contributed by atoms with Crippen molar-refractivity contribution in [3.63, 3.8) is 0 Å². The molecule has 0 atom stereocenters. The van der Waals surface area contributed by atoms with E-state index in [0.717, 1.165) is 63.2 Å². The molecule has 0 radical (unpaired) electrons. The molecular weight excluding hydrogens is 366 g/mol. The van der Waals surface area contributed by atoms with Crippen molar-refractivity contribution in [3.8, 4) is 5.75 Å². The number of amides is 2. The third-order valence-electron chi connectivity index (χ3n) is 6.48. The van der Waals surface area contributed by atoms with Gasteiger partial charge >= 0.3 is 0 Å². The molecule has 6 nitrogen and oxygen atoms in total. The molecule has 2 amide bonds. The van der Waals surface area contributed by atoms with E-state index in [-0.39, 0.29) is 17.9 Å². The van der Waals surface area contributed by atoms with Gasteiger partial charge < -0.3 is 14.5 Å². The lowest BCUT2D eigenvalue weighted by molar-refractivity contribution is -0.140. The number of benzene rings is 1. The summed E-state index contributed by atoms with van der Waals surface area (Å²) >= 11 is 0. The van der Waals surface area contributed by atoms with E-state index in [1.165, 1.54) is 12.8 Å². The van der Waals surface area contributed by atoms with Crippen molar-refractivity contribution >= 4 is 17.4 Å². The molecule has 1 aromatic rings. The first-order valence-corrected chi connectivity index (χ1v) is 10.8. The molecule has 1 saturated carbocycles. The van der Waals surface area contributed by atoms with Crippen LogP contribution >= 0.6 is 0 Å². The van der Waals surface area contributed by atoms with Gasteiger partial charge in [0, 0.05) is 32.2 Å². The quantitative estimate of drug-likeness (QED) is 0.578. The zero-order chi connectivity index (χ0) is 20.4. The number of hydrogen-bond acceptors (Lipinski definition) is 5. The van der Waals surface area contributed by atoms with Gasteiger partial charge in [0.15, 0.2) is 0 Å². The lowest BCUT2D eigenvalue weighted by Gasteiger charge is -2.35. The number of carbonyl (C=O) groups is 2. The summed E-state index contributed by atoms with van der Waals surface area (Å²) in [6.45, 7) is 3.32. The second kappa shape index (κ2) is 8.57. The summed E-state index contributed by atoms with van der Waals surface area (Å²) in [4.78, 5) is 33.1. The van der Waals surface area contributed by atoms with E-state index in [9.17, 15) is 9.59 Å². The molecule has 156 valence electrons. The summed E-state index contributed by atoms with van der Waals surface area (Å²) in [6, 6.07) is 7.53. The molecule has 6 heteroatoms. The maximum absolute atomic E-state index is 13.6. The molecule has 0 unspecified atom stereocenters. The Balaban J connectivity index is 1.71. The van der Waals surface area contributed by atoms with Crippen LogP contribution in [0.2, 0.25) is 0 Å². The van der Waals surface area contributed by atoms with Crippen molar-refractivity contribution in [1.82, 2.24) is 14.7 Å². The Morgan fingerprint density at radius 3 is 2.07 bits per heavy atom. The highest BCUT2D eigenvalue weighted by molar-refractivity contribution is 6.35. The van der Waals surface area contributed by atoms with E-state index in [1.54, 1.807) is 12.0 Å². The molecule has 0 N–H and O–H groups in total. The fraction of sp³-hybridized carbons (Fsp3) is 0.565. The Hall–Kier alpha value is -2.34. The minimum Gasteiger partial charge on any atom is -0.497 e. The predicted molar refractivity (Wildman–Crippen MR) is 112 cm³/mol. The number of likely N-dealkylation sites (N-methyl/N-ethyl adjacent to an activating group) is 1. The minimum atomic E-state index is -0.124. The Morgan fingerprint density at radius 1 is 0.862 bits per heavy atom. The third-order valence-corrected chi connectivity index (χ3v) is 6.48. The number of ether oxygens (including phenoxy) is 1. The van der Waals surface area contributed by atoms with E-state index < -0.39 is 0 Å². The Morgan fingerprint density at radius 2 is 1.48 bits per heavy atom. The molecule has 29 heavy (non-hydrogen) atoms. The number of rotatable bonds is 4. The molecule has 1 saturated heterocycles. The Labute approximate surface area is 173 Å². The van der Waals surface area contributed by atoms with Crippen molar-refractivity contribution in [2.24, 2.45) is 0 Å². The smallest absolute Gasteiger partial charge is 0.278 e. The average molecular weight is 398 g/mol. The number of methoxy groups -OCH3 is 1. The molecular formula is C23H31N3O3. The summed E-state index contributed by atoms with van der Waals surface area (Å²) < 4.78 is 5.27. The molecule has 3 aliphatic rings. The lowest BCUT2D eigenvalue weighted by atomic mass is 10.0. The van der Waals surface area contributed by atoms with E-state index in [2.05, 4.69) is 16.8 Å². The summed E-state index contributed by atoms with van der Waals surface area (Å²) in [7, 11) is 3.72. The van der Waals surface area contributed by atoms with Crippen molar-refractivity contribution in [2.75, 3.05) is 40.3 Å². The van der Waals surface area contributed by atoms with Gasteiger partial charge in [0.2, 0.25) is 0 Å². The monoisotopic (exact) mass is 397 g/mol. The largest absolute Gasteiger partial charge is 0.497 e. The molecule has 0 spiro atoms. The summed E-state index contributed by atoms with van der Waals surface area (Å²) in [5, 5.41) is 0. The van der Waals surface area contributed by atoms with Gasteiger partial charge in [-0.15, -0.1) is 0 Å². The van der Waals surface area contributed by atoms with Crippen LogP contribution in [0.5, 0.6) is 5.75 Å². The number of hydrogen-bond donors (Lipinski definition) is 0. The van der Waals surface area contributed by atoms with Gasteiger partial charge in [-0.05, 0) is 37.6 Å². The van der Waals surface area contributed by atoms with Crippen LogP contribution in [-0.4, -0.2) is 72.9 Å². The van der Waals surface area contributed by atoms with E-state index >= 15 is 0 Å². The second-order valence-corrected chi connectivity index (χ2v) is 8.37. The first-order valence-electron chi connectivity index (χ1n) is 10.8. The highest BCUT2D eigenvalue weighted by atomic mass is 16.5. The number of piperazine rings is 1. The van der Waals surface area contributed by atoms with Gasteiger partial charge in [0.25, 0.3) is 11.8 Å². The molecule has 2 fully saturated rings. The van der Waals surface area contributed by atoms with Gasteiger partial charge in [-0.2, -0.15) is 0 Å². The molecule has 4 rings (SSSR count). The second-order valence-electron chi connectivity index (χ2n) is 8.37. The summed E-state index contributed by atoms with van der Waals surface area (Å²) in [5.41, 5.74) is 1.96. The highest BCUT2D eigenvalue weighted by Gasteiger charge is 2.44. The number of nitrogens with zero attached hydrogens (tertiary/aromatic N) is 3. The SMILES string of the molecule is COc1ccc(C2=C(N3CCN(C)CC3)C(=O)N(C3CCCCCC3)C2=O)cc1. The Bertz CT molecular complexity index is 786. The van der Waals surface area contributed by atoms with Gasteiger partial charge in [-0.3, -0.25) is 14.5 Å². The van der Waals surface area contributed by atoms with Gasteiger partial charge in [-0.1, -0.05) is 37.8 Å². The van der Waals surface area contributed by atoms with Crippen molar-refractivity contribution in [1.29, 1.82) is 0 Å². The third kappa shape index (κ3) is 3.90. The minimum absolute atomic E-state index is 0.0238. The van der Waals surface area contributed by atoms with Gasteiger partial charge in [0.1, 0.15) is 11.4 Å². The summed E-state index contributed by atoms with van der Waals surface area (Å²) in [6.07, 6.45) is 6.40. The maximum Gasteiger partial charge on any atom is 0.278 e. The zero-order valence-electron chi connectivity index (χ0n) is 17.5. The van der Waals surface area contributed by atoms with E-state index in [1.807, 2.05) is 24.3 Å². The standard InChI is InChI=1S/C23H31N3O3/c1-24-13-15-25(16-14-24)21-20(17-9-11-19(29-2)12-10-17)22(27)26(23(21)28)18-7-5-3-4-6-8-18/h9-12,18H,3-8,13-16H2,1-2H3. The van der Waals surface area contributed by atoms with Crippen LogP contribution in [0.3, 0.4) is 0 Å². The fourth-order valence-electron chi connectivity index (χ4n) is 4.72. The first-order chi connectivity index (χ1) is 14.1. The highest BCUT2D eigenvalue weighted by Crippen LogP contribution is 2.36. The fourth-order valence-corrected chi connectivity index (χ4v) is 4.72. The van der Waals surface area contributed by atoms with Crippen LogP contribution in [0, 0.1) is 0 Å². The Kier molecular flexibility index (Phi) is 5.90. The zero-order valence-corrected chi connectivity index (χ0v) is 17.5. The normalized spacial score (nSPS) is 22.4. The number of imide groups is 1. The maximum atomic E-state index is 13.6. The van der Waals surface area contributed by atoms with E-state index in [0.29, 0.717) is 11.3 Å². The molecule has 0 bridgehead atoms. The van der Waals surface area contributed by atoms with E-state index in [4.69, 9.17) is 4.74 Å². The molecule has 1 aromatic carbocycles. The van der Waals surface area contributed by atoms with Crippen LogP contribution in [0.1, 0.15) is 44.1 Å². The van der Waals surface area contributed by atoms with Crippen LogP contribution in [0.15, 0.2) is 30.0 Å².